The SMILES string of the molecule is CCNC(=NCc1ccc(F)c(CO)c1)N(C)Cc1cc(Cl)cn1C. The molecule has 1 aromatic heterocycles. The molecule has 0 atom stereocenters. The number of rotatable bonds is 6. The number of aliphatic imine (C=N–C) groups is 1. The Morgan fingerprint density at radius 2 is 2.16 bits per heavy atom. The molecule has 1 aromatic carbocycles. The van der Waals surface area contributed by atoms with Crippen LogP contribution in [0.2, 0.25) is 5.02 Å². The Balaban J connectivity index is 2.13. The van der Waals surface area contributed by atoms with Gasteiger partial charge in [0.2, 0.25) is 0 Å². The molecule has 5 nitrogen and oxygen atoms in total. The molecule has 7 heteroatoms. The van der Waals surface area contributed by atoms with Gasteiger partial charge in [-0.05, 0) is 30.7 Å². The van der Waals surface area contributed by atoms with Crippen LogP contribution in [0.15, 0.2) is 35.5 Å². The minimum atomic E-state index is -0.403. The van der Waals surface area contributed by atoms with Crippen LogP contribution < -0.4 is 5.32 Å². The average Bonchev–Trinajstić information content (AvgIpc) is 2.89. The first-order chi connectivity index (χ1) is 11.9. The summed E-state index contributed by atoms with van der Waals surface area (Å²) in [4.78, 5) is 6.61. The fourth-order valence-corrected chi connectivity index (χ4v) is 2.80. The van der Waals surface area contributed by atoms with Gasteiger partial charge in [-0.1, -0.05) is 17.7 Å². The first-order valence-corrected chi connectivity index (χ1v) is 8.50. The number of benzene rings is 1. The second-order valence-electron chi connectivity index (χ2n) is 5.87. The Bertz CT molecular complexity index is 745. The van der Waals surface area contributed by atoms with E-state index in [1.165, 1.54) is 6.07 Å². The lowest BCUT2D eigenvalue weighted by molar-refractivity contribution is 0.275. The van der Waals surface area contributed by atoms with E-state index in [0.29, 0.717) is 18.1 Å². The van der Waals surface area contributed by atoms with Gasteiger partial charge in [0.15, 0.2) is 5.96 Å². The zero-order chi connectivity index (χ0) is 18.4. The van der Waals surface area contributed by atoms with Crippen molar-refractivity contribution in [3.05, 3.63) is 58.1 Å². The van der Waals surface area contributed by atoms with Gasteiger partial charge in [0.1, 0.15) is 5.82 Å². The lowest BCUT2D eigenvalue weighted by Gasteiger charge is -2.22. The summed E-state index contributed by atoms with van der Waals surface area (Å²) < 4.78 is 15.5. The number of aryl methyl sites for hydroxylation is 1. The van der Waals surface area contributed by atoms with Gasteiger partial charge in [-0.2, -0.15) is 0 Å². The quantitative estimate of drug-likeness (QED) is 0.610. The van der Waals surface area contributed by atoms with E-state index in [2.05, 4.69) is 10.3 Å². The molecular weight excluding hydrogens is 343 g/mol. The van der Waals surface area contributed by atoms with Crippen molar-refractivity contribution in [2.45, 2.75) is 26.6 Å². The molecule has 0 saturated carbocycles. The summed E-state index contributed by atoms with van der Waals surface area (Å²) in [6.07, 6.45) is 1.86. The predicted molar refractivity (Wildman–Crippen MR) is 99.0 cm³/mol. The van der Waals surface area contributed by atoms with Crippen LogP contribution in [-0.4, -0.2) is 34.1 Å². The average molecular weight is 367 g/mol. The number of guanidine groups is 1. The second kappa shape index (κ2) is 8.87. The molecule has 1 heterocycles. The molecular formula is C18H24ClFN4O. The van der Waals surface area contributed by atoms with E-state index in [4.69, 9.17) is 11.6 Å². The van der Waals surface area contributed by atoms with Crippen molar-refractivity contribution in [1.29, 1.82) is 0 Å². The molecule has 0 spiro atoms. The largest absolute Gasteiger partial charge is 0.392 e. The summed E-state index contributed by atoms with van der Waals surface area (Å²) in [7, 11) is 3.90. The van der Waals surface area contributed by atoms with Crippen LogP contribution in [0.5, 0.6) is 0 Å². The third-order valence-electron chi connectivity index (χ3n) is 3.86. The van der Waals surface area contributed by atoms with E-state index < -0.39 is 5.82 Å². The highest BCUT2D eigenvalue weighted by molar-refractivity contribution is 6.30. The molecule has 0 unspecified atom stereocenters. The summed E-state index contributed by atoms with van der Waals surface area (Å²) in [5.74, 6) is 0.342. The van der Waals surface area contributed by atoms with Crippen LogP contribution in [0.25, 0.3) is 0 Å². The van der Waals surface area contributed by atoms with E-state index in [0.717, 1.165) is 23.8 Å². The third-order valence-corrected chi connectivity index (χ3v) is 4.07. The first kappa shape index (κ1) is 19.3. The molecule has 0 saturated heterocycles. The summed E-state index contributed by atoms with van der Waals surface area (Å²) in [6, 6.07) is 6.60. The van der Waals surface area contributed by atoms with E-state index in [-0.39, 0.29) is 12.2 Å². The molecule has 0 aliphatic carbocycles. The topological polar surface area (TPSA) is 52.8 Å². The lowest BCUT2D eigenvalue weighted by atomic mass is 10.1. The number of nitrogens with zero attached hydrogens (tertiary/aromatic N) is 3. The maximum atomic E-state index is 13.5. The van der Waals surface area contributed by atoms with Gasteiger partial charge in [-0.25, -0.2) is 9.38 Å². The molecule has 25 heavy (non-hydrogen) atoms. The van der Waals surface area contributed by atoms with Gasteiger partial charge in [-0.3, -0.25) is 0 Å². The van der Waals surface area contributed by atoms with Crippen molar-refractivity contribution >= 4 is 17.6 Å². The molecule has 2 rings (SSSR count). The summed E-state index contributed by atoms with van der Waals surface area (Å²) >= 11 is 6.04. The number of aromatic nitrogens is 1. The summed E-state index contributed by atoms with van der Waals surface area (Å²) in [5.41, 5.74) is 2.20. The highest BCUT2D eigenvalue weighted by Crippen LogP contribution is 2.15. The van der Waals surface area contributed by atoms with Gasteiger partial charge in [0.25, 0.3) is 0 Å². The van der Waals surface area contributed by atoms with E-state index in [9.17, 15) is 9.50 Å². The number of nitrogens with one attached hydrogen (secondary N) is 1. The Hall–Kier alpha value is -2.05. The third kappa shape index (κ3) is 5.21. The van der Waals surface area contributed by atoms with E-state index in [1.807, 2.05) is 42.7 Å². The molecule has 0 amide bonds. The second-order valence-corrected chi connectivity index (χ2v) is 6.31. The maximum Gasteiger partial charge on any atom is 0.194 e. The van der Waals surface area contributed by atoms with Gasteiger partial charge < -0.3 is 19.9 Å². The number of hydrogen-bond donors (Lipinski definition) is 2. The number of halogens is 2. The summed E-state index contributed by atoms with van der Waals surface area (Å²) in [5, 5.41) is 13.1. The van der Waals surface area contributed by atoms with Crippen molar-refractivity contribution in [3.63, 3.8) is 0 Å². The Labute approximate surface area is 152 Å². The van der Waals surface area contributed by atoms with Crippen molar-refractivity contribution in [1.82, 2.24) is 14.8 Å². The zero-order valence-electron chi connectivity index (χ0n) is 14.8. The van der Waals surface area contributed by atoms with Crippen molar-refractivity contribution in [2.24, 2.45) is 12.0 Å². The van der Waals surface area contributed by atoms with Gasteiger partial charge >= 0.3 is 0 Å². The number of aliphatic hydroxyl groups excluding tert-OH is 1. The highest BCUT2D eigenvalue weighted by Gasteiger charge is 2.10. The van der Waals surface area contributed by atoms with E-state index >= 15 is 0 Å². The van der Waals surface area contributed by atoms with Crippen LogP contribution in [0.4, 0.5) is 4.39 Å². The molecule has 0 bridgehead atoms. The minimum Gasteiger partial charge on any atom is -0.392 e. The summed E-state index contributed by atoms with van der Waals surface area (Å²) in [6.45, 7) is 3.47. The standard InChI is InChI=1S/C18H24ClFN4O/c1-4-21-18(24(3)11-16-8-15(19)10-23(16)2)22-9-13-5-6-17(20)14(7-13)12-25/h5-8,10,25H,4,9,11-12H2,1-3H3,(H,21,22). The molecule has 0 aliphatic rings. The molecule has 0 radical (unpaired) electrons. The monoisotopic (exact) mass is 366 g/mol. The minimum absolute atomic E-state index is 0.282. The first-order valence-electron chi connectivity index (χ1n) is 8.13. The van der Waals surface area contributed by atoms with Crippen molar-refractivity contribution in [3.8, 4) is 0 Å². The highest BCUT2D eigenvalue weighted by atomic mass is 35.5. The van der Waals surface area contributed by atoms with Gasteiger partial charge in [0.05, 0.1) is 24.7 Å². The van der Waals surface area contributed by atoms with Crippen LogP contribution >= 0.6 is 11.6 Å². The lowest BCUT2D eigenvalue weighted by Crippen LogP contribution is -2.38. The normalized spacial score (nSPS) is 11.7. The van der Waals surface area contributed by atoms with E-state index in [1.54, 1.807) is 12.1 Å². The van der Waals surface area contributed by atoms with Gasteiger partial charge in [0, 0.05) is 38.1 Å². The number of aliphatic hydroxyl groups is 1. The predicted octanol–water partition coefficient (Wildman–Crippen LogP) is 2.91. The fraction of sp³-hybridized carbons (Fsp3) is 0.389. The Morgan fingerprint density at radius 1 is 1.40 bits per heavy atom. The van der Waals surface area contributed by atoms with Crippen LogP contribution in [0.1, 0.15) is 23.7 Å². The van der Waals surface area contributed by atoms with Crippen molar-refractivity contribution < 1.29 is 9.50 Å². The maximum absolute atomic E-state index is 13.5. The van der Waals surface area contributed by atoms with Crippen LogP contribution in [0, 0.1) is 5.82 Å². The smallest absolute Gasteiger partial charge is 0.194 e. The molecule has 2 N–H and O–H groups in total. The fourth-order valence-electron chi connectivity index (χ4n) is 2.52. The molecule has 0 fully saturated rings. The molecule has 0 aliphatic heterocycles. The Morgan fingerprint density at radius 3 is 2.76 bits per heavy atom. The van der Waals surface area contributed by atoms with Gasteiger partial charge in [-0.15, -0.1) is 0 Å². The Kier molecular flexibility index (Phi) is 6.84. The van der Waals surface area contributed by atoms with Crippen LogP contribution in [-0.2, 0) is 26.7 Å². The van der Waals surface area contributed by atoms with Crippen molar-refractivity contribution in [2.75, 3.05) is 13.6 Å². The zero-order valence-corrected chi connectivity index (χ0v) is 15.5. The molecule has 136 valence electrons. The number of hydrogen-bond acceptors (Lipinski definition) is 2. The van der Waals surface area contributed by atoms with Crippen LogP contribution in [0.3, 0.4) is 0 Å². The molecule has 2 aromatic rings.